The fourth-order valence-electron chi connectivity index (χ4n) is 1.81. The number of hydrogen-bond acceptors (Lipinski definition) is 4. The summed E-state index contributed by atoms with van der Waals surface area (Å²) in [5.41, 5.74) is 2.43. The molecule has 0 N–H and O–H groups in total. The minimum Gasteiger partial charge on any atom is -0.495 e. The average Bonchev–Trinajstić information content (AvgIpc) is 2.40. The van der Waals surface area contributed by atoms with Crippen LogP contribution in [0.25, 0.3) is 0 Å². The third-order valence-corrected chi connectivity index (χ3v) is 4.00. The van der Waals surface area contributed by atoms with Crippen LogP contribution in [0.5, 0.6) is 5.75 Å². The molecular formula is C15H24O3S. The molecule has 0 heterocycles. The summed E-state index contributed by atoms with van der Waals surface area (Å²) >= 11 is 1.71. The van der Waals surface area contributed by atoms with E-state index in [-0.39, 0.29) is 6.29 Å². The summed E-state index contributed by atoms with van der Waals surface area (Å²) in [5, 5.41) is 0. The number of aryl methyl sites for hydroxylation is 1. The quantitative estimate of drug-likeness (QED) is 0.536. The van der Waals surface area contributed by atoms with Crippen LogP contribution in [0, 0.1) is 13.8 Å². The van der Waals surface area contributed by atoms with E-state index in [9.17, 15) is 0 Å². The summed E-state index contributed by atoms with van der Waals surface area (Å²) < 4.78 is 16.6. The molecular weight excluding hydrogens is 260 g/mol. The highest BCUT2D eigenvalue weighted by Gasteiger charge is 2.13. The van der Waals surface area contributed by atoms with Crippen LogP contribution in [-0.4, -0.2) is 32.4 Å². The summed E-state index contributed by atoms with van der Waals surface area (Å²) in [4.78, 5) is 1.13. The first-order chi connectivity index (χ1) is 9.13. The SMILES string of the molecule is CCOC(CSc1ccc(C)c(C)c1OC)OCC. The third-order valence-electron chi connectivity index (χ3n) is 2.92. The molecule has 0 aliphatic carbocycles. The van der Waals surface area contributed by atoms with Gasteiger partial charge in [-0.25, -0.2) is 0 Å². The van der Waals surface area contributed by atoms with Gasteiger partial charge in [-0.05, 0) is 44.9 Å². The van der Waals surface area contributed by atoms with Crippen molar-refractivity contribution in [2.75, 3.05) is 26.1 Å². The maximum atomic E-state index is 5.55. The molecule has 0 atom stereocenters. The molecule has 0 saturated carbocycles. The van der Waals surface area contributed by atoms with Crippen LogP contribution in [0.3, 0.4) is 0 Å². The Kier molecular flexibility index (Phi) is 7.28. The van der Waals surface area contributed by atoms with Crippen LogP contribution in [0.4, 0.5) is 0 Å². The molecule has 0 saturated heterocycles. The van der Waals surface area contributed by atoms with Crippen LogP contribution in [0.2, 0.25) is 0 Å². The Labute approximate surface area is 120 Å². The third kappa shape index (κ3) is 4.71. The van der Waals surface area contributed by atoms with Gasteiger partial charge in [0.2, 0.25) is 0 Å². The van der Waals surface area contributed by atoms with E-state index in [1.54, 1.807) is 18.9 Å². The van der Waals surface area contributed by atoms with Gasteiger partial charge in [-0.3, -0.25) is 0 Å². The van der Waals surface area contributed by atoms with Crippen LogP contribution in [-0.2, 0) is 9.47 Å². The van der Waals surface area contributed by atoms with Crippen molar-refractivity contribution in [2.45, 2.75) is 38.9 Å². The van der Waals surface area contributed by atoms with Gasteiger partial charge in [0.05, 0.1) is 7.11 Å². The van der Waals surface area contributed by atoms with Crippen LogP contribution in [0.15, 0.2) is 17.0 Å². The number of hydrogen-bond donors (Lipinski definition) is 0. The molecule has 0 fully saturated rings. The molecule has 0 radical (unpaired) electrons. The maximum Gasteiger partial charge on any atom is 0.166 e. The van der Waals surface area contributed by atoms with E-state index >= 15 is 0 Å². The molecule has 0 unspecified atom stereocenters. The Morgan fingerprint density at radius 3 is 2.26 bits per heavy atom. The van der Waals surface area contributed by atoms with E-state index in [4.69, 9.17) is 14.2 Å². The van der Waals surface area contributed by atoms with Gasteiger partial charge in [0.15, 0.2) is 6.29 Å². The van der Waals surface area contributed by atoms with Gasteiger partial charge >= 0.3 is 0 Å². The zero-order valence-corrected chi connectivity index (χ0v) is 13.3. The molecule has 19 heavy (non-hydrogen) atoms. The topological polar surface area (TPSA) is 27.7 Å². The average molecular weight is 284 g/mol. The predicted octanol–water partition coefficient (Wildman–Crippen LogP) is 3.80. The second-order valence-electron chi connectivity index (χ2n) is 4.19. The maximum absolute atomic E-state index is 5.55. The number of benzene rings is 1. The van der Waals surface area contributed by atoms with Gasteiger partial charge in [-0.2, -0.15) is 0 Å². The van der Waals surface area contributed by atoms with Gasteiger partial charge in [-0.15, -0.1) is 11.8 Å². The van der Waals surface area contributed by atoms with Crippen molar-refractivity contribution in [3.05, 3.63) is 23.3 Å². The van der Waals surface area contributed by atoms with Crippen LogP contribution in [0.1, 0.15) is 25.0 Å². The van der Waals surface area contributed by atoms with E-state index < -0.39 is 0 Å². The second kappa shape index (κ2) is 8.46. The largest absolute Gasteiger partial charge is 0.495 e. The Hall–Kier alpha value is -0.710. The minimum absolute atomic E-state index is 0.161. The summed E-state index contributed by atoms with van der Waals surface area (Å²) in [7, 11) is 1.72. The summed E-state index contributed by atoms with van der Waals surface area (Å²) in [6.45, 7) is 9.46. The highest BCUT2D eigenvalue weighted by molar-refractivity contribution is 7.99. The zero-order chi connectivity index (χ0) is 14.3. The normalized spacial score (nSPS) is 11.1. The first-order valence-electron chi connectivity index (χ1n) is 6.64. The molecule has 0 bridgehead atoms. The molecule has 0 aromatic heterocycles. The minimum atomic E-state index is -0.161. The molecule has 4 heteroatoms. The van der Waals surface area contributed by atoms with Crippen molar-refractivity contribution in [3.63, 3.8) is 0 Å². The molecule has 1 aromatic rings. The van der Waals surface area contributed by atoms with E-state index in [1.165, 1.54) is 11.1 Å². The Balaban J connectivity index is 2.73. The van der Waals surface area contributed by atoms with Crippen LogP contribution < -0.4 is 4.74 Å². The lowest BCUT2D eigenvalue weighted by Crippen LogP contribution is -2.20. The number of ether oxygens (including phenoxy) is 3. The lowest BCUT2D eigenvalue weighted by Gasteiger charge is -2.18. The lowest BCUT2D eigenvalue weighted by molar-refractivity contribution is -0.120. The van der Waals surface area contributed by atoms with Crippen molar-refractivity contribution in [3.8, 4) is 5.75 Å². The molecule has 0 aliphatic rings. The Morgan fingerprint density at radius 1 is 1.11 bits per heavy atom. The van der Waals surface area contributed by atoms with Gasteiger partial charge < -0.3 is 14.2 Å². The fourth-order valence-corrected chi connectivity index (χ4v) is 2.85. The fraction of sp³-hybridized carbons (Fsp3) is 0.600. The van der Waals surface area contributed by atoms with Crippen molar-refractivity contribution in [2.24, 2.45) is 0 Å². The van der Waals surface area contributed by atoms with Crippen molar-refractivity contribution in [1.82, 2.24) is 0 Å². The number of thioether (sulfide) groups is 1. The monoisotopic (exact) mass is 284 g/mol. The smallest absolute Gasteiger partial charge is 0.166 e. The molecule has 108 valence electrons. The first kappa shape index (κ1) is 16.3. The summed E-state index contributed by atoms with van der Waals surface area (Å²) in [6, 6.07) is 4.22. The highest BCUT2D eigenvalue weighted by atomic mass is 32.2. The highest BCUT2D eigenvalue weighted by Crippen LogP contribution is 2.34. The Morgan fingerprint density at radius 2 is 1.74 bits per heavy atom. The molecule has 0 aliphatic heterocycles. The molecule has 3 nitrogen and oxygen atoms in total. The summed E-state index contributed by atoms with van der Waals surface area (Å²) in [5.74, 6) is 1.72. The van der Waals surface area contributed by atoms with Gasteiger partial charge in [0.25, 0.3) is 0 Å². The summed E-state index contributed by atoms with van der Waals surface area (Å²) in [6.07, 6.45) is -0.161. The van der Waals surface area contributed by atoms with E-state index in [0.717, 1.165) is 16.4 Å². The van der Waals surface area contributed by atoms with E-state index in [2.05, 4.69) is 26.0 Å². The standard InChI is InChI=1S/C15H24O3S/c1-6-17-14(18-7-2)10-19-13-9-8-11(3)12(4)15(13)16-5/h8-9,14H,6-7,10H2,1-5H3. The van der Waals surface area contributed by atoms with Crippen LogP contribution >= 0.6 is 11.8 Å². The van der Waals surface area contributed by atoms with Crippen molar-refractivity contribution >= 4 is 11.8 Å². The molecule has 0 spiro atoms. The lowest BCUT2D eigenvalue weighted by atomic mass is 10.1. The zero-order valence-electron chi connectivity index (χ0n) is 12.5. The molecule has 1 aromatic carbocycles. The Bertz CT molecular complexity index is 387. The number of methoxy groups -OCH3 is 1. The van der Waals surface area contributed by atoms with E-state index in [0.29, 0.717) is 13.2 Å². The second-order valence-corrected chi connectivity index (χ2v) is 5.25. The number of rotatable bonds is 8. The molecule has 0 amide bonds. The molecule has 1 rings (SSSR count). The first-order valence-corrected chi connectivity index (χ1v) is 7.62. The van der Waals surface area contributed by atoms with Gasteiger partial charge in [-0.1, -0.05) is 6.07 Å². The van der Waals surface area contributed by atoms with Gasteiger partial charge in [0.1, 0.15) is 5.75 Å². The van der Waals surface area contributed by atoms with Crippen molar-refractivity contribution in [1.29, 1.82) is 0 Å². The predicted molar refractivity (Wildman–Crippen MR) is 80.2 cm³/mol. The van der Waals surface area contributed by atoms with Crippen molar-refractivity contribution < 1.29 is 14.2 Å². The van der Waals surface area contributed by atoms with E-state index in [1.807, 2.05) is 13.8 Å². The van der Waals surface area contributed by atoms with Gasteiger partial charge in [0, 0.05) is 23.9 Å².